The van der Waals surface area contributed by atoms with E-state index < -0.39 is 42.8 Å². The third-order valence-corrected chi connectivity index (χ3v) is 2.03. The second-order valence-corrected chi connectivity index (χ2v) is 3.45. The van der Waals surface area contributed by atoms with E-state index in [4.69, 9.17) is 10.2 Å². The summed E-state index contributed by atoms with van der Waals surface area (Å²) in [7, 11) is 0. The first-order chi connectivity index (χ1) is 8.14. The molecule has 19 heavy (non-hydrogen) atoms. The summed E-state index contributed by atoms with van der Waals surface area (Å²) in [5.41, 5.74) is 0. The van der Waals surface area contributed by atoms with E-state index in [0.717, 1.165) is 0 Å². The fraction of sp³-hybridized carbons (Fsp3) is 1.00. The summed E-state index contributed by atoms with van der Waals surface area (Å²) >= 11 is 0. The second-order valence-electron chi connectivity index (χ2n) is 3.45. The zero-order chi connectivity index (χ0) is 15.8. The van der Waals surface area contributed by atoms with Crippen molar-refractivity contribution in [3.63, 3.8) is 0 Å². The maximum atomic E-state index is 12.8. The van der Waals surface area contributed by atoms with Crippen LogP contribution in [0.1, 0.15) is 0 Å². The molecule has 0 aliphatic carbocycles. The Hall–Kier alpha value is -0.780. The maximum Gasteiger partial charge on any atom is 0.400 e. The highest BCUT2D eigenvalue weighted by Crippen LogP contribution is 2.48. The first-order valence-electron chi connectivity index (χ1n) is 4.28. The van der Waals surface area contributed by atoms with Crippen molar-refractivity contribution < 1.29 is 54.1 Å². The molecular formula is C7H6F10O2. The molecule has 0 bridgehead atoms. The second kappa shape index (κ2) is 5.31. The normalized spacial score (nSPS) is 19.4. The van der Waals surface area contributed by atoms with Crippen LogP contribution >= 0.6 is 0 Å². The lowest BCUT2D eigenvalue weighted by atomic mass is 9.91. The molecule has 0 radical (unpaired) electrons. The molecule has 116 valence electrons. The van der Waals surface area contributed by atoms with Gasteiger partial charge in [0.15, 0.2) is 18.3 Å². The summed E-state index contributed by atoms with van der Waals surface area (Å²) in [6.07, 6.45) is -19.7. The van der Waals surface area contributed by atoms with E-state index in [1.54, 1.807) is 0 Å². The van der Waals surface area contributed by atoms with Crippen molar-refractivity contribution >= 4 is 0 Å². The smallest absolute Gasteiger partial charge is 0.335 e. The van der Waals surface area contributed by atoms with Gasteiger partial charge in [-0.25, -0.2) is 17.6 Å². The topological polar surface area (TPSA) is 40.5 Å². The van der Waals surface area contributed by atoms with Crippen LogP contribution in [0.5, 0.6) is 0 Å². The predicted molar refractivity (Wildman–Crippen MR) is 38.6 cm³/mol. The van der Waals surface area contributed by atoms with E-state index in [2.05, 4.69) is 0 Å². The molecule has 0 aromatic carbocycles. The maximum absolute atomic E-state index is 12.8. The van der Waals surface area contributed by atoms with Crippen LogP contribution < -0.4 is 0 Å². The molecule has 0 saturated carbocycles. The van der Waals surface area contributed by atoms with E-state index in [1.165, 1.54) is 0 Å². The van der Waals surface area contributed by atoms with Crippen LogP contribution in [0.2, 0.25) is 0 Å². The lowest BCUT2D eigenvalue weighted by Crippen LogP contribution is -2.59. The van der Waals surface area contributed by atoms with Gasteiger partial charge in [-0.2, -0.15) is 26.3 Å². The summed E-state index contributed by atoms with van der Waals surface area (Å²) in [6, 6.07) is -5.88. The van der Waals surface area contributed by atoms with Gasteiger partial charge in [-0.05, 0) is 0 Å². The molecule has 0 aromatic rings. The molecule has 0 spiro atoms. The highest BCUT2D eigenvalue weighted by Gasteiger charge is 2.71. The molecule has 2 nitrogen and oxygen atoms in total. The van der Waals surface area contributed by atoms with E-state index >= 15 is 0 Å². The van der Waals surface area contributed by atoms with Crippen LogP contribution in [-0.2, 0) is 0 Å². The third kappa shape index (κ3) is 3.84. The number of halogens is 10. The predicted octanol–water partition coefficient (Wildman–Crippen LogP) is 2.35. The fourth-order valence-electron chi connectivity index (χ4n) is 1.11. The molecule has 3 unspecified atom stereocenters. The lowest BCUT2D eigenvalue weighted by Gasteiger charge is -2.34. The molecule has 12 heteroatoms. The van der Waals surface area contributed by atoms with Gasteiger partial charge in [-0.3, -0.25) is 0 Å². The van der Waals surface area contributed by atoms with Gasteiger partial charge in [0.2, 0.25) is 0 Å². The molecule has 0 heterocycles. The first-order valence-corrected chi connectivity index (χ1v) is 4.28. The molecular weight excluding hydrogens is 306 g/mol. The summed E-state index contributed by atoms with van der Waals surface area (Å²) in [5, 5.41) is 15.6. The lowest BCUT2D eigenvalue weighted by molar-refractivity contribution is -0.411. The number of rotatable bonds is 5. The number of alkyl halides is 10. The van der Waals surface area contributed by atoms with Gasteiger partial charge in [-0.1, -0.05) is 0 Å². The Morgan fingerprint density at radius 3 is 1.26 bits per heavy atom. The Kier molecular flexibility index (Phi) is 5.09. The minimum Gasteiger partial charge on any atom is -0.335 e. The van der Waals surface area contributed by atoms with Crippen molar-refractivity contribution in [2.45, 2.75) is 36.9 Å². The van der Waals surface area contributed by atoms with Gasteiger partial charge < -0.3 is 10.2 Å². The van der Waals surface area contributed by atoms with Crippen LogP contribution in [0.4, 0.5) is 43.9 Å². The van der Waals surface area contributed by atoms with Crippen molar-refractivity contribution in [2.75, 3.05) is 0 Å². The summed E-state index contributed by atoms with van der Waals surface area (Å²) in [5.74, 6) is -11.3. The molecule has 3 atom stereocenters. The van der Waals surface area contributed by atoms with E-state index in [0.29, 0.717) is 0 Å². The Labute approximate surface area is 98.2 Å². The summed E-state index contributed by atoms with van der Waals surface area (Å²) in [6.45, 7) is 0. The monoisotopic (exact) mass is 312 g/mol. The van der Waals surface area contributed by atoms with E-state index in [-0.39, 0.29) is 0 Å². The van der Waals surface area contributed by atoms with Crippen LogP contribution in [0.15, 0.2) is 0 Å². The highest BCUT2D eigenvalue weighted by atomic mass is 19.4. The SMILES string of the molecule is OC(O)(F)C(F)(F)C(C(F)C(F)C(F)F)C(F)(F)F. The first kappa shape index (κ1) is 18.2. The minimum atomic E-state index is -6.41. The average molecular weight is 312 g/mol. The van der Waals surface area contributed by atoms with Crippen LogP contribution in [-0.4, -0.2) is 47.1 Å². The number of hydrogen-bond acceptors (Lipinski definition) is 2. The number of hydrogen-bond donors (Lipinski definition) is 2. The van der Waals surface area contributed by atoms with Gasteiger partial charge in [0.25, 0.3) is 6.43 Å². The zero-order valence-corrected chi connectivity index (χ0v) is 8.48. The summed E-state index contributed by atoms with van der Waals surface area (Å²) in [4.78, 5) is 0. The van der Waals surface area contributed by atoms with Gasteiger partial charge >= 0.3 is 18.1 Å². The Morgan fingerprint density at radius 2 is 1.05 bits per heavy atom. The van der Waals surface area contributed by atoms with Gasteiger partial charge in [-0.15, -0.1) is 0 Å². The summed E-state index contributed by atoms with van der Waals surface area (Å²) < 4.78 is 122. The van der Waals surface area contributed by atoms with Gasteiger partial charge in [0, 0.05) is 0 Å². The Balaban J connectivity index is 5.62. The molecule has 0 saturated heterocycles. The van der Waals surface area contributed by atoms with Gasteiger partial charge in [0.1, 0.15) is 0 Å². The fourth-order valence-corrected chi connectivity index (χ4v) is 1.11. The van der Waals surface area contributed by atoms with Crippen molar-refractivity contribution in [1.29, 1.82) is 0 Å². The zero-order valence-electron chi connectivity index (χ0n) is 8.48. The average Bonchev–Trinajstić information content (AvgIpc) is 2.11. The molecule has 0 rings (SSSR count). The third-order valence-electron chi connectivity index (χ3n) is 2.03. The molecule has 0 amide bonds. The van der Waals surface area contributed by atoms with E-state index in [9.17, 15) is 43.9 Å². The van der Waals surface area contributed by atoms with Crippen molar-refractivity contribution in [3.8, 4) is 0 Å². The van der Waals surface area contributed by atoms with Crippen molar-refractivity contribution in [3.05, 3.63) is 0 Å². The van der Waals surface area contributed by atoms with Crippen molar-refractivity contribution in [1.82, 2.24) is 0 Å². The molecule has 0 fully saturated rings. The van der Waals surface area contributed by atoms with Crippen LogP contribution in [0.3, 0.4) is 0 Å². The molecule has 2 N–H and O–H groups in total. The largest absolute Gasteiger partial charge is 0.400 e. The van der Waals surface area contributed by atoms with E-state index in [1.807, 2.05) is 0 Å². The van der Waals surface area contributed by atoms with Crippen LogP contribution in [0.25, 0.3) is 0 Å². The molecule has 0 aromatic heterocycles. The van der Waals surface area contributed by atoms with Gasteiger partial charge in [0.05, 0.1) is 0 Å². The minimum absolute atomic E-state index is 4.32. The quantitative estimate of drug-likeness (QED) is 0.604. The Morgan fingerprint density at radius 1 is 0.684 bits per heavy atom. The number of aliphatic hydroxyl groups is 2. The Bertz CT molecular complexity index is 295. The molecule has 0 aliphatic rings. The van der Waals surface area contributed by atoms with Crippen LogP contribution in [0, 0.1) is 5.92 Å². The standard InChI is InChI=1S/C7H6F10O2/c8-1(2(9)4(10)11)3(6(14,15)16)5(12,13)7(17,18)19/h1-4,18-19H. The van der Waals surface area contributed by atoms with Crippen molar-refractivity contribution in [2.24, 2.45) is 5.92 Å². The highest BCUT2D eigenvalue weighted by molar-refractivity contribution is 4.95. The molecule has 0 aliphatic heterocycles.